The molecule has 0 saturated carbocycles. The van der Waals surface area contributed by atoms with Gasteiger partial charge in [-0.3, -0.25) is 9.69 Å². The van der Waals surface area contributed by atoms with Gasteiger partial charge in [0.15, 0.2) is 0 Å². The maximum Gasteiger partial charge on any atom is 0.410 e. The van der Waals surface area contributed by atoms with E-state index in [1.54, 1.807) is 6.07 Å². The summed E-state index contributed by atoms with van der Waals surface area (Å²) in [6.07, 6.45) is 0.677. The Hall–Kier alpha value is -2.87. The van der Waals surface area contributed by atoms with E-state index in [2.05, 4.69) is 21.2 Å². The van der Waals surface area contributed by atoms with E-state index >= 15 is 0 Å². The van der Waals surface area contributed by atoms with Gasteiger partial charge in [-0.05, 0) is 30.0 Å². The summed E-state index contributed by atoms with van der Waals surface area (Å²) in [4.78, 5) is 38.4. The molecule has 0 bridgehead atoms. The third-order valence-electron chi connectivity index (χ3n) is 4.99. The number of aliphatic carboxylic acids is 1. The molecular formula is C22H23BrN2O5. The molecule has 1 aliphatic heterocycles. The summed E-state index contributed by atoms with van der Waals surface area (Å²) in [6.45, 7) is 0.512. The molecule has 30 heavy (non-hydrogen) atoms. The number of hydrogen-bond acceptors (Lipinski definition) is 4. The lowest BCUT2D eigenvalue weighted by Crippen LogP contribution is -2.51. The fourth-order valence-electron chi connectivity index (χ4n) is 3.41. The highest BCUT2D eigenvalue weighted by Gasteiger charge is 2.36. The normalized spacial score (nSPS) is 16.7. The Morgan fingerprint density at radius 2 is 1.83 bits per heavy atom. The summed E-state index contributed by atoms with van der Waals surface area (Å²) in [5.74, 6) is -1.61. The summed E-state index contributed by atoms with van der Waals surface area (Å²) >= 11 is 3.40. The molecule has 1 heterocycles. The lowest BCUT2D eigenvalue weighted by Gasteiger charge is -2.25. The molecule has 0 radical (unpaired) electrons. The van der Waals surface area contributed by atoms with Crippen molar-refractivity contribution >= 4 is 33.9 Å². The molecule has 2 atom stereocenters. The smallest absolute Gasteiger partial charge is 0.410 e. The van der Waals surface area contributed by atoms with Crippen molar-refractivity contribution < 1.29 is 24.2 Å². The molecule has 7 nitrogen and oxygen atoms in total. The van der Waals surface area contributed by atoms with E-state index in [9.17, 15) is 19.5 Å². The van der Waals surface area contributed by atoms with Crippen LogP contribution >= 0.6 is 15.9 Å². The average molecular weight is 475 g/mol. The molecular weight excluding hydrogens is 452 g/mol. The van der Waals surface area contributed by atoms with Crippen LogP contribution in [0.4, 0.5) is 4.79 Å². The van der Waals surface area contributed by atoms with Crippen LogP contribution in [0.5, 0.6) is 0 Å². The monoisotopic (exact) mass is 474 g/mol. The van der Waals surface area contributed by atoms with Gasteiger partial charge in [0.05, 0.1) is 0 Å². The second-order valence-corrected chi connectivity index (χ2v) is 7.94. The van der Waals surface area contributed by atoms with Crippen LogP contribution in [0.2, 0.25) is 0 Å². The molecule has 1 saturated heterocycles. The minimum absolute atomic E-state index is 0.115. The molecule has 1 aliphatic rings. The van der Waals surface area contributed by atoms with Crippen molar-refractivity contribution in [2.75, 3.05) is 6.54 Å². The Bertz CT molecular complexity index is 905. The summed E-state index contributed by atoms with van der Waals surface area (Å²) < 4.78 is 6.12. The number of hydrogen-bond donors (Lipinski definition) is 2. The van der Waals surface area contributed by atoms with Crippen molar-refractivity contribution in [1.82, 2.24) is 10.2 Å². The third kappa shape index (κ3) is 5.60. The van der Waals surface area contributed by atoms with E-state index in [1.165, 1.54) is 4.90 Å². The van der Waals surface area contributed by atoms with Crippen LogP contribution in [0.25, 0.3) is 0 Å². The number of carbonyl (C=O) groups is 3. The number of carboxylic acids is 1. The predicted octanol–water partition coefficient (Wildman–Crippen LogP) is 3.36. The Labute approximate surface area is 183 Å². The van der Waals surface area contributed by atoms with Gasteiger partial charge in [0, 0.05) is 17.4 Å². The molecule has 2 aromatic carbocycles. The highest BCUT2D eigenvalue weighted by Crippen LogP contribution is 2.21. The Kier molecular flexibility index (Phi) is 7.46. The number of ether oxygens (including phenoxy) is 1. The summed E-state index contributed by atoms with van der Waals surface area (Å²) in [6, 6.07) is 14.7. The van der Waals surface area contributed by atoms with Crippen LogP contribution in [0.1, 0.15) is 24.0 Å². The molecule has 2 amide bonds. The van der Waals surface area contributed by atoms with Crippen molar-refractivity contribution in [3.63, 3.8) is 0 Å². The predicted molar refractivity (Wildman–Crippen MR) is 114 cm³/mol. The quantitative estimate of drug-likeness (QED) is 0.641. The average Bonchev–Trinajstić information content (AvgIpc) is 3.24. The molecule has 158 valence electrons. The highest BCUT2D eigenvalue weighted by molar-refractivity contribution is 9.10. The second-order valence-electron chi connectivity index (χ2n) is 7.09. The van der Waals surface area contributed by atoms with Gasteiger partial charge >= 0.3 is 12.1 Å². The number of likely N-dealkylation sites (tertiary alicyclic amines) is 1. The van der Waals surface area contributed by atoms with Crippen LogP contribution in [-0.2, 0) is 27.4 Å². The lowest BCUT2D eigenvalue weighted by atomic mass is 10.1. The van der Waals surface area contributed by atoms with Gasteiger partial charge in [-0.25, -0.2) is 9.59 Å². The summed E-state index contributed by atoms with van der Waals surface area (Å²) in [7, 11) is 0. The zero-order valence-corrected chi connectivity index (χ0v) is 17.9. The number of halogens is 1. The van der Waals surface area contributed by atoms with Gasteiger partial charge in [-0.15, -0.1) is 0 Å². The zero-order valence-electron chi connectivity index (χ0n) is 16.3. The lowest BCUT2D eigenvalue weighted by molar-refractivity contribution is -0.142. The molecule has 0 unspecified atom stereocenters. The van der Waals surface area contributed by atoms with E-state index in [1.807, 2.05) is 48.5 Å². The Morgan fingerprint density at radius 1 is 1.13 bits per heavy atom. The van der Waals surface area contributed by atoms with Gasteiger partial charge in [0.25, 0.3) is 0 Å². The number of rotatable bonds is 7. The minimum atomic E-state index is -1.13. The summed E-state index contributed by atoms with van der Waals surface area (Å²) in [5, 5.41) is 12.2. The fraction of sp³-hybridized carbons (Fsp3) is 0.318. The van der Waals surface area contributed by atoms with Crippen molar-refractivity contribution in [3.8, 4) is 0 Å². The molecule has 2 aromatic rings. The molecule has 2 N–H and O–H groups in total. The largest absolute Gasteiger partial charge is 0.480 e. The topological polar surface area (TPSA) is 95.9 Å². The van der Waals surface area contributed by atoms with E-state index in [0.29, 0.717) is 19.4 Å². The van der Waals surface area contributed by atoms with Crippen LogP contribution in [0.3, 0.4) is 0 Å². The highest BCUT2D eigenvalue weighted by atomic mass is 79.9. The van der Waals surface area contributed by atoms with Crippen molar-refractivity contribution in [1.29, 1.82) is 0 Å². The number of benzene rings is 2. The number of carbonyl (C=O) groups excluding carboxylic acids is 2. The first-order chi connectivity index (χ1) is 14.5. The first-order valence-electron chi connectivity index (χ1n) is 9.69. The standard InChI is InChI=1S/C22H23BrN2O5/c23-17-10-5-4-9-16(17)13-18(21(27)28)24-20(26)19-11-6-12-25(19)22(29)30-14-15-7-2-1-3-8-15/h1-5,7-10,18-19H,6,11-14H2,(H,24,26)(H,27,28)/t18-,19-/m1/s1. The number of carboxylic acid groups (broad SMARTS) is 1. The van der Waals surface area contributed by atoms with E-state index in [-0.39, 0.29) is 13.0 Å². The SMILES string of the molecule is O=C(N[C@H](Cc1ccccc1Br)C(=O)O)[C@H]1CCCN1C(=O)OCc1ccccc1. The molecule has 8 heteroatoms. The van der Waals surface area contributed by atoms with Gasteiger partial charge in [0.1, 0.15) is 18.7 Å². The Morgan fingerprint density at radius 3 is 2.53 bits per heavy atom. The number of nitrogens with zero attached hydrogens (tertiary/aromatic N) is 1. The molecule has 0 aliphatic carbocycles. The molecule has 0 spiro atoms. The second kappa shape index (κ2) is 10.2. The van der Waals surface area contributed by atoms with Crippen molar-refractivity contribution in [2.45, 2.75) is 38.0 Å². The first-order valence-corrected chi connectivity index (χ1v) is 10.5. The van der Waals surface area contributed by atoms with E-state index in [4.69, 9.17) is 4.74 Å². The zero-order chi connectivity index (χ0) is 21.5. The van der Waals surface area contributed by atoms with Gasteiger partial charge in [0.2, 0.25) is 5.91 Å². The van der Waals surface area contributed by atoms with Crippen LogP contribution in [-0.4, -0.2) is 46.6 Å². The fourth-order valence-corrected chi connectivity index (χ4v) is 3.86. The van der Waals surface area contributed by atoms with Gasteiger partial charge < -0.3 is 15.2 Å². The third-order valence-corrected chi connectivity index (χ3v) is 5.77. The maximum absolute atomic E-state index is 12.8. The summed E-state index contributed by atoms with van der Waals surface area (Å²) in [5.41, 5.74) is 1.63. The van der Waals surface area contributed by atoms with Gasteiger partial charge in [-0.1, -0.05) is 64.5 Å². The minimum Gasteiger partial charge on any atom is -0.480 e. The number of nitrogens with one attached hydrogen (secondary N) is 1. The molecule has 1 fully saturated rings. The van der Waals surface area contributed by atoms with Crippen molar-refractivity contribution in [2.24, 2.45) is 0 Å². The first kappa shape index (κ1) is 21.8. The van der Waals surface area contributed by atoms with Crippen LogP contribution < -0.4 is 5.32 Å². The van der Waals surface area contributed by atoms with E-state index < -0.39 is 30.1 Å². The Balaban J connectivity index is 1.61. The molecule has 3 rings (SSSR count). The van der Waals surface area contributed by atoms with E-state index in [0.717, 1.165) is 15.6 Å². The maximum atomic E-state index is 12.8. The van der Waals surface area contributed by atoms with Crippen LogP contribution in [0.15, 0.2) is 59.1 Å². The van der Waals surface area contributed by atoms with Crippen molar-refractivity contribution in [3.05, 3.63) is 70.2 Å². The molecule has 0 aromatic heterocycles. The number of amides is 2. The van der Waals surface area contributed by atoms with Crippen LogP contribution in [0, 0.1) is 0 Å². The van der Waals surface area contributed by atoms with Gasteiger partial charge in [-0.2, -0.15) is 0 Å².